The molecule has 3 heteroatoms. The highest BCUT2D eigenvalue weighted by molar-refractivity contribution is 5.96. The Hall–Kier alpha value is -1.58. The fourth-order valence-corrected chi connectivity index (χ4v) is 2.76. The summed E-state index contributed by atoms with van der Waals surface area (Å²) in [6, 6.07) is 12.6. The third kappa shape index (κ3) is 1.85. The van der Waals surface area contributed by atoms with Gasteiger partial charge in [-0.1, -0.05) is 30.3 Å². The number of anilines is 1. The van der Waals surface area contributed by atoms with Gasteiger partial charge in [-0.3, -0.25) is 0 Å². The topological polar surface area (TPSA) is 49.5 Å². The quantitative estimate of drug-likeness (QED) is 0.845. The molecule has 3 rings (SSSR count). The minimum Gasteiger partial charge on any atom is -0.391 e. The van der Waals surface area contributed by atoms with Crippen molar-refractivity contribution in [1.82, 2.24) is 0 Å². The molecule has 0 aliphatic carbocycles. The Balaban J connectivity index is 2.13. The number of aliphatic hydroxyl groups is 1. The van der Waals surface area contributed by atoms with E-state index in [-0.39, 0.29) is 6.10 Å². The summed E-state index contributed by atoms with van der Waals surface area (Å²) in [5.41, 5.74) is 8.17. The van der Waals surface area contributed by atoms with Crippen molar-refractivity contribution < 1.29 is 5.11 Å². The van der Waals surface area contributed by atoms with Crippen LogP contribution < -0.4 is 10.6 Å². The van der Waals surface area contributed by atoms with Gasteiger partial charge >= 0.3 is 0 Å². The predicted molar refractivity (Wildman–Crippen MR) is 74.7 cm³/mol. The van der Waals surface area contributed by atoms with E-state index >= 15 is 0 Å². The summed E-state index contributed by atoms with van der Waals surface area (Å²) in [6.07, 6.45) is 0.658. The smallest absolute Gasteiger partial charge is 0.0731 e. The van der Waals surface area contributed by atoms with Crippen molar-refractivity contribution in [3.63, 3.8) is 0 Å². The zero-order valence-corrected chi connectivity index (χ0v) is 10.3. The molecule has 1 heterocycles. The maximum atomic E-state index is 9.67. The fraction of sp³-hybridized carbons (Fsp3) is 0.333. The molecule has 0 aromatic heterocycles. The predicted octanol–water partition coefficient (Wildman–Crippen LogP) is 1.87. The Bertz CT molecular complexity index is 567. The van der Waals surface area contributed by atoms with E-state index in [0.717, 1.165) is 19.5 Å². The molecule has 18 heavy (non-hydrogen) atoms. The van der Waals surface area contributed by atoms with Crippen molar-refractivity contribution >= 4 is 16.5 Å². The molecule has 1 saturated heterocycles. The first-order valence-electron chi connectivity index (χ1n) is 6.43. The molecular weight excluding hydrogens is 224 g/mol. The van der Waals surface area contributed by atoms with Crippen LogP contribution in [0.2, 0.25) is 0 Å². The summed E-state index contributed by atoms with van der Waals surface area (Å²) in [7, 11) is 0. The standard InChI is InChI=1S/C15H18N2O/c16-9-11-5-6-15(17-8-7-12(18)10-17)14-4-2-1-3-13(11)14/h1-6,12,18H,7-10,16H2. The van der Waals surface area contributed by atoms with Crippen LogP contribution in [-0.2, 0) is 6.54 Å². The average molecular weight is 242 g/mol. The largest absolute Gasteiger partial charge is 0.391 e. The summed E-state index contributed by atoms with van der Waals surface area (Å²) >= 11 is 0. The first-order valence-corrected chi connectivity index (χ1v) is 6.43. The van der Waals surface area contributed by atoms with Gasteiger partial charge in [0.05, 0.1) is 6.10 Å². The van der Waals surface area contributed by atoms with Gasteiger partial charge in [0.25, 0.3) is 0 Å². The molecule has 0 spiro atoms. The third-order valence-electron chi connectivity index (χ3n) is 3.72. The fourth-order valence-electron chi connectivity index (χ4n) is 2.76. The van der Waals surface area contributed by atoms with Gasteiger partial charge in [-0.2, -0.15) is 0 Å². The summed E-state index contributed by atoms with van der Waals surface area (Å²) in [6.45, 7) is 2.21. The number of hydrogen-bond acceptors (Lipinski definition) is 3. The van der Waals surface area contributed by atoms with E-state index in [1.165, 1.54) is 22.0 Å². The van der Waals surface area contributed by atoms with Gasteiger partial charge in [-0.05, 0) is 23.4 Å². The Morgan fingerprint density at radius 1 is 1.17 bits per heavy atom. The maximum absolute atomic E-state index is 9.67. The molecule has 2 aromatic carbocycles. The number of hydrogen-bond donors (Lipinski definition) is 2. The van der Waals surface area contributed by atoms with E-state index in [0.29, 0.717) is 6.54 Å². The number of rotatable bonds is 2. The number of benzene rings is 2. The number of nitrogens with two attached hydrogens (primary N) is 1. The van der Waals surface area contributed by atoms with Gasteiger partial charge in [0.15, 0.2) is 0 Å². The van der Waals surface area contributed by atoms with Crippen LogP contribution >= 0.6 is 0 Å². The third-order valence-corrected chi connectivity index (χ3v) is 3.72. The molecule has 0 radical (unpaired) electrons. The highest BCUT2D eigenvalue weighted by atomic mass is 16.3. The van der Waals surface area contributed by atoms with E-state index < -0.39 is 0 Å². The van der Waals surface area contributed by atoms with Crippen molar-refractivity contribution in [2.24, 2.45) is 5.73 Å². The van der Waals surface area contributed by atoms with Crippen molar-refractivity contribution in [1.29, 1.82) is 0 Å². The highest BCUT2D eigenvalue weighted by Crippen LogP contribution is 2.31. The molecule has 1 atom stereocenters. The summed E-state index contributed by atoms with van der Waals surface area (Å²) in [4.78, 5) is 2.26. The molecule has 1 unspecified atom stereocenters. The Labute approximate surface area is 107 Å². The van der Waals surface area contributed by atoms with E-state index in [4.69, 9.17) is 5.73 Å². The molecule has 2 aromatic rings. The molecule has 94 valence electrons. The normalized spacial score (nSPS) is 19.7. The second kappa shape index (κ2) is 4.59. The maximum Gasteiger partial charge on any atom is 0.0731 e. The number of aliphatic hydroxyl groups excluding tert-OH is 1. The molecular formula is C15H18N2O. The lowest BCUT2D eigenvalue weighted by Crippen LogP contribution is -2.21. The molecule has 0 bridgehead atoms. The SMILES string of the molecule is NCc1ccc(N2CCC(O)C2)c2ccccc12. The van der Waals surface area contributed by atoms with Crippen LogP contribution in [0.3, 0.4) is 0 Å². The Morgan fingerprint density at radius 2 is 1.94 bits per heavy atom. The van der Waals surface area contributed by atoms with E-state index in [1.807, 2.05) is 6.07 Å². The minimum absolute atomic E-state index is 0.196. The average Bonchev–Trinajstić information content (AvgIpc) is 2.84. The van der Waals surface area contributed by atoms with Crippen LogP contribution in [-0.4, -0.2) is 24.3 Å². The second-order valence-electron chi connectivity index (χ2n) is 4.88. The lowest BCUT2D eigenvalue weighted by Gasteiger charge is -2.21. The van der Waals surface area contributed by atoms with Gasteiger partial charge in [0, 0.05) is 30.7 Å². The zero-order valence-electron chi connectivity index (χ0n) is 10.3. The van der Waals surface area contributed by atoms with Crippen LogP contribution in [0.4, 0.5) is 5.69 Å². The molecule has 0 amide bonds. The highest BCUT2D eigenvalue weighted by Gasteiger charge is 2.21. The number of nitrogens with zero attached hydrogens (tertiary/aromatic N) is 1. The van der Waals surface area contributed by atoms with Crippen molar-refractivity contribution in [2.45, 2.75) is 19.1 Å². The molecule has 3 N–H and O–H groups in total. The monoisotopic (exact) mass is 242 g/mol. The number of β-amino-alcohol motifs (C(OH)–C–C–N with tert-alkyl or cyclic N) is 1. The van der Waals surface area contributed by atoms with Gasteiger partial charge in [0.1, 0.15) is 0 Å². The summed E-state index contributed by atoms with van der Waals surface area (Å²) in [5, 5.41) is 12.1. The van der Waals surface area contributed by atoms with Gasteiger partial charge in [0.2, 0.25) is 0 Å². The molecule has 3 nitrogen and oxygen atoms in total. The van der Waals surface area contributed by atoms with Crippen LogP contribution in [0.15, 0.2) is 36.4 Å². The van der Waals surface area contributed by atoms with Gasteiger partial charge in [-0.15, -0.1) is 0 Å². The minimum atomic E-state index is -0.196. The van der Waals surface area contributed by atoms with E-state index in [9.17, 15) is 5.11 Å². The molecule has 0 saturated carbocycles. The van der Waals surface area contributed by atoms with Crippen LogP contribution in [0.25, 0.3) is 10.8 Å². The molecule has 1 aliphatic rings. The van der Waals surface area contributed by atoms with Crippen LogP contribution in [0.1, 0.15) is 12.0 Å². The lowest BCUT2D eigenvalue weighted by atomic mass is 10.0. The molecule has 1 fully saturated rings. The van der Waals surface area contributed by atoms with E-state index in [2.05, 4.69) is 35.2 Å². The van der Waals surface area contributed by atoms with Crippen LogP contribution in [0.5, 0.6) is 0 Å². The second-order valence-corrected chi connectivity index (χ2v) is 4.88. The zero-order chi connectivity index (χ0) is 12.5. The van der Waals surface area contributed by atoms with Gasteiger partial charge in [-0.25, -0.2) is 0 Å². The lowest BCUT2D eigenvalue weighted by molar-refractivity contribution is 0.198. The van der Waals surface area contributed by atoms with Gasteiger partial charge < -0.3 is 15.7 Å². The van der Waals surface area contributed by atoms with Crippen molar-refractivity contribution in [3.05, 3.63) is 42.0 Å². The Kier molecular flexibility index (Phi) is 2.94. The molecule has 1 aliphatic heterocycles. The summed E-state index contributed by atoms with van der Waals surface area (Å²) in [5.74, 6) is 0. The number of fused-ring (bicyclic) bond motifs is 1. The summed E-state index contributed by atoms with van der Waals surface area (Å²) < 4.78 is 0. The first-order chi connectivity index (χ1) is 8.79. The Morgan fingerprint density at radius 3 is 2.61 bits per heavy atom. The first kappa shape index (κ1) is 11.5. The van der Waals surface area contributed by atoms with Crippen molar-refractivity contribution in [2.75, 3.05) is 18.0 Å². The van der Waals surface area contributed by atoms with Crippen molar-refractivity contribution in [3.8, 4) is 0 Å². The van der Waals surface area contributed by atoms with E-state index in [1.54, 1.807) is 0 Å². The van der Waals surface area contributed by atoms with Crippen LogP contribution in [0, 0.1) is 0 Å².